The molecule has 0 N–H and O–H groups in total. The summed E-state index contributed by atoms with van der Waals surface area (Å²) in [5.41, 5.74) is 1.24. The molecule has 118 valence electrons. The molecule has 0 aromatic carbocycles. The second kappa shape index (κ2) is 5.93. The molecule has 0 bridgehead atoms. The number of carbonyl (C=O) groups is 2. The molecular formula is C18H21ClO3. The fraction of sp³-hybridized carbons (Fsp3) is 0.556. The number of hydrogen-bond acceptors (Lipinski definition) is 3. The van der Waals surface area contributed by atoms with Crippen LogP contribution in [0.1, 0.15) is 40.5 Å². The standard InChI is InChI=1S/C18H21ClO3/c1-6-7-12-11(3)15(9-14(12)20)22-17(21)16-13(8-10(2)19)18(16,4)5/h1,8,13,15-16H,7,9H2,2-5H3/b10-8-/t13-,15+,16+/m1/s1. The van der Waals surface area contributed by atoms with Crippen LogP contribution >= 0.6 is 11.6 Å². The molecule has 3 nitrogen and oxygen atoms in total. The number of terminal acetylenes is 1. The van der Waals surface area contributed by atoms with Crippen molar-refractivity contribution in [3.63, 3.8) is 0 Å². The summed E-state index contributed by atoms with van der Waals surface area (Å²) in [4.78, 5) is 24.3. The van der Waals surface area contributed by atoms with Crippen LogP contribution in [0.25, 0.3) is 0 Å². The van der Waals surface area contributed by atoms with Crippen LogP contribution < -0.4 is 0 Å². The van der Waals surface area contributed by atoms with Gasteiger partial charge in [-0.15, -0.1) is 12.3 Å². The molecule has 0 aromatic rings. The molecule has 2 aliphatic rings. The highest BCUT2D eigenvalue weighted by Crippen LogP contribution is 2.60. The molecule has 0 saturated heterocycles. The Labute approximate surface area is 136 Å². The molecule has 0 spiro atoms. The Morgan fingerprint density at radius 1 is 1.55 bits per heavy atom. The molecule has 1 saturated carbocycles. The molecule has 0 heterocycles. The lowest BCUT2D eigenvalue weighted by Crippen LogP contribution is -2.20. The van der Waals surface area contributed by atoms with Crippen LogP contribution in [0, 0.1) is 29.6 Å². The van der Waals surface area contributed by atoms with E-state index in [1.807, 2.05) is 26.8 Å². The highest BCUT2D eigenvalue weighted by Gasteiger charge is 2.61. The zero-order valence-electron chi connectivity index (χ0n) is 13.4. The number of carbonyl (C=O) groups excluding carboxylic acids is 2. The van der Waals surface area contributed by atoms with Crippen molar-refractivity contribution in [2.75, 3.05) is 0 Å². The molecule has 0 unspecified atom stereocenters. The van der Waals surface area contributed by atoms with Crippen molar-refractivity contribution in [1.82, 2.24) is 0 Å². The first-order valence-corrected chi connectivity index (χ1v) is 7.78. The van der Waals surface area contributed by atoms with E-state index >= 15 is 0 Å². The largest absolute Gasteiger partial charge is 0.457 e. The number of halogens is 1. The third-order valence-electron chi connectivity index (χ3n) is 4.78. The molecule has 2 rings (SSSR count). The van der Waals surface area contributed by atoms with Crippen LogP contribution in [0.2, 0.25) is 0 Å². The topological polar surface area (TPSA) is 43.4 Å². The lowest BCUT2D eigenvalue weighted by Gasteiger charge is -2.13. The van der Waals surface area contributed by atoms with Gasteiger partial charge in [0.15, 0.2) is 5.78 Å². The monoisotopic (exact) mass is 320 g/mol. The summed E-state index contributed by atoms with van der Waals surface area (Å²) in [6, 6.07) is 0. The van der Waals surface area contributed by atoms with Gasteiger partial charge in [0.25, 0.3) is 0 Å². The van der Waals surface area contributed by atoms with Gasteiger partial charge in [-0.05, 0) is 30.8 Å². The predicted molar refractivity (Wildman–Crippen MR) is 86.0 cm³/mol. The normalized spacial score (nSPS) is 30.3. The number of allylic oxidation sites excluding steroid dienone is 3. The first-order chi connectivity index (χ1) is 10.2. The van der Waals surface area contributed by atoms with Crippen molar-refractivity contribution in [3.8, 4) is 12.3 Å². The lowest BCUT2D eigenvalue weighted by atomic mass is 10.1. The van der Waals surface area contributed by atoms with Gasteiger partial charge in [-0.2, -0.15) is 0 Å². The van der Waals surface area contributed by atoms with E-state index in [0.29, 0.717) is 17.0 Å². The van der Waals surface area contributed by atoms with Crippen molar-refractivity contribution in [2.45, 2.75) is 46.6 Å². The van der Waals surface area contributed by atoms with Crippen LogP contribution in [0.5, 0.6) is 0 Å². The molecule has 4 heteroatoms. The number of rotatable bonds is 4. The van der Waals surface area contributed by atoms with Crippen molar-refractivity contribution < 1.29 is 14.3 Å². The third-order valence-corrected chi connectivity index (χ3v) is 4.90. The van der Waals surface area contributed by atoms with Crippen molar-refractivity contribution >= 4 is 23.4 Å². The lowest BCUT2D eigenvalue weighted by molar-refractivity contribution is -0.150. The summed E-state index contributed by atoms with van der Waals surface area (Å²) in [7, 11) is 0. The van der Waals surface area contributed by atoms with Gasteiger partial charge < -0.3 is 4.74 Å². The summed E-state index contributed by atoms with van der Waals surface area (Å²) in [5.74, 6) is 2.08. The summed E-state index contributed by atoms with van der Waals surface area (Å²) in [5, 5.41) is 0.678. The smallest absolute Gasteiger partial charge is 0.310 e. The first-order valence-electron chi connectivity index (χ1n) is 7.40. The van der Waals surface area contributed by atoms with Gasteiger partial charge in [0.05, 0.1) is 12.3 Å². The van der Waals surface area contributed by atoms with Crippen molar-refractivity contribution in [3.05, 3.63) is 22.3 Å². The minimum absolute atomic E-state index is 0.0173. The number of ketones is 1. The highest BCUT2D eigenvalue weighted by molar-refractivity contribution is 6.29. The van der Waals surface area contributed by atoms with Crippen LogP contribution in [-0.4, -0.2) is 17.9 Å². The van der Waals surface area contributed by atoms with Gasteiger partial charge in [0.2, 0.25) is 0 Å². The fourth-order valence-corrected chi connectivity index (χ4v) is 3.36. The molecule has 0 aromatic heterocycles. The van der Waals surface area contributed by atoms with Gasteiger partial charge in [0.1, 0.15) is 6.10 Å². The predicted octanol–water partition coefficient (Wildman–Crippen LogP) is 3.63. The highest BCUT2D eigenvalue weighted by atomic mass is 35.5. The molecule has 0 radical (unpaired) electrons. The second-order valence-corrected chi connectivity index (χ2v) is 7.27. The third kappa shape index (κ3) is 2.98. The molecule has 1 fully saturated rings. The maximum Gasteiger partial charge on any atom is 0.310 e. The number of Topliss-reactive ketones (excluding diaryl/α,β-unsaturated/α-hetero) is 1. The molecular weight excluding hydrogens is 300 g/mol. The number of esters is 1. The van der Waals surface area contributed by atoms with E-state index in [1.54, 1.807) is 6.92 Å². The fourth-order valence-electron chi connectivity index (χ4n) is 3.23. The van der Waals surface area contributed by atoms with Gasteiger partial charge in [-0.25, -0.2) is 0 Å². The zero-order valence-corrected chi connectivity index (χ0v) is 14.2. The first kappa shape index (κ1) is 16.8. The van der Waals surface area contributed by atoms with E-state index in [-0.39, 0.29) is 35.4 Å². The number of ether oxygens (including phenoxy) is 1. The zero-order chi connectivity index (χ0) is 16.7. The summed E-state index contributed by atoms with van der Waals surface area (Å²) < 4.78 is 5.58. The van der Waals surface area contributed by atoms with Crippen LogP contribution in [-0.2, 0) is 14.3 Å². The minimum Gasteiger partial charge on any atom is -0.457 e. The Bertz CT molecular complexity index is 615. The molecule has 22 heavy (non-hydrogen) atoms. The van der Waals surface area contributed by atoms with E-state index < -0.39 is 6.10 Å². The maximum atomic E-state index is 12.4. The molecule has 0 aliphatic heterocycles. The van der Waals surface area contributed by atoms with Gasteiger partial charge >= 0.3 is 5.97 Å². The summed E-state index contributed by atoms with van der Waals surface area (Å²) in [6.07, 6.45) is 7.21. The van der Waals surface area contributed by atoms with E-state index in [1.165, 1.54) is 0 Å². The Hall–Kier alpha value is -1.53. The summed E-state index contributed by atoms with van der Waals surface area (Å²) in [6.45, 7) is 7.65. The molecule has 0 amide bonds. The van der Waals surface area contributed by atoms with Crippen molar-refractivity contribution in [1.29, 1.82) is 0 Å². The van der Waals surface area contributed by atoms with E-state index in [0.717, 1.165) is 5.57 Å². The maximum absolute atomic E-state index is 12.4. The Balaban J connectivity index is 2.07. The van der Waals surface area contributed by atoms with Gasteiger partial charge in [-0.3, -0.25) is 9.59 Å². The van der Waals surface area contributed by atoms with E-state index in [2.05, 4.69) is 5.92 Å². The second-order valence-electron chi connectivity index (χ2n) is 6.67. The van der Waals surface area contributed by atoms with Gasteiger partial charge in [0, 0.05) is 17.0 Å². The van der Waals surface area contributed by atoms with Crippen LogP contribution in [0.4, 0.5) is 0 Å². The average Bonchev–Trinajstić information content (AvgIpc) is 2.83. The summed E-state index contributed by atoms with van der Waals surface area (Å²) >= 11 is 5.91. The molecule has 2 aliphatic carbocycles. The SMILES string of the molecule is C#CCC1=C(C)[C@@H](OC(=O)[C@@H]2[C@@H](/C=C(/C)Cl)C2(C)C)CC1=O. The Morgan fingerprint density at radius 2 is 2.18 bits per heavy atom. The minimum atomic E-state index is -0.471. The van der Waals surface area contributed by atoms with E-state index in [9.17, 15) is 9.59 Å². The van der Waals surface area contributed by atoms with Crippen molar-refractivity contribution in [2.24, 2.45) is 17.3 Å². The van der Waals surface area contributed by atoms with E-state index in [4.69, 9.17) is 22.8 Å². The average molecular weight is 321 g/mol. The quantitative estimate of drug-likeness (QED) is 0.587. The van der Waals surface area contributed by atoms with Crippen LogP contribution in [0.15, 0.2) is 22.3 Å². The number of hydrogen-bond donors (Lipinski definition) is 0. The van der Waals surface area contributed by atoms with Gasteiger partial charge in [-0.1, -0.05) is 31.5 Å². The Morgan fingerprint density at radius 3 is 2.73 bits per heavy atom. The Kier molecular flexibility index (Phi) is 4.54. The van der Waals surface area contributed by atoms with Crippen LogP contribution in [0.3, 0.4) is 0 Å². The molecule has 3 atom stereocenters.